The number of Topliss-reactive ketones (excluding diaryl/α,β-unsaturated/α-hetero) is 2. The van der Waals surface area contributed by atoms with Crippen LogP contribution in [-0.4, -0.2) is 113 Å². The fourth-order valence-corrected chi connectivity index (χ4v) is 9.98. The second kappa shape index (κ2) is 11.8. The summed E-state index contributed by atoms with van der Waals surface area (Å²) in [5, 5.41) is 85.1. The zero-order valence-electron chi connectivity index (χ0n) is 28.3. The molecule has 0 unspecified atom stereocenters. The molecule has 5 aliphatic rings. The maximum Gasteiger partial charge on any atom is 0.229 e. The molecule has 8 N–H and O–H groups in total. The summed E-state index contributed by atoms with van der Waals surface area (Å²) in [6.07, 6.45) is -4.84. The zero-order chi connectivity index (χ0) is 35.2. The normalized spacial score (nSPS) is 46.0. The first-order chi connectivity index (χ1) is 21.6. The van der Waals surface area contributed by atoms with Crippen molar-refractivity contribution in [2.24, 2.45) is 34.0 Å². The fourth-order valence-electron chi connectivity index (χ4n) is 9.98. The molecule has 0 amide bonds. The lowest BCUT2D eigenvalue weighted by Crippen LogP contribution is -2.64. The molecular weight excluding hydrogens is 612 g/mol. The highest BCUT2D eigenvalue weighted by Gasteiger charge is 2.74. The molecule has 47 heavy (non-hydrogen) atoms. The number of carbonyl (C=O) groups is 2. The van der Waals surface area contributed by atoms with Crippen molar-refractivity contribution in [2.75, 3.05) is 6.61 Å². The van der Waals surface area contributed by atoms with Gasteiger partial charge < -0.3 is 50.3 Å². The first-order valence-corrected chi connectivity index (χ1v) is 16.5. The van der Waals surface area contributed by atoms with Crippen molar-refractivity contribution in [1.29, 1.82) is 0 Å². The van der Waals surface area contributed by atoms with Crippen molar-refractivity contribution in [3.05, 3.63) is 35.1 Å². The van der Waals surface area contributed by atoms with E-state index in [0.29, 0.717) is 12.0 Å². The van der Waals surface area contributed by atoms with Crippen molar-refractivity contribution < 1.29 is 59.9 Å². The smallest absolute Gasteiger partial charge is 0.229 e. The number of ketones is 2. The Hall–Kier alpha value is -2.00. The number of allylic oxidation sites excluding steroid dienone is 4. The van der Waals surface area contributed by atoms with Crippen LogP contribution in [0.25, 0.3) is 0 Å². The van der Waals surface area contributed by atoms with E-state index < -0.39 is 94.6 Å². The average Bonchev–Trinajstić information content (AvgIpc) is 3.18. The Morgan fingerprint density at radius 2 is 1.68 bits per heavy atom. The van der Waals surface area contributed by atoms with Crippen LogP contribution >= 0.6 is 0 Å². The largest absolute Gasteiger partial charge is 0.458 e. The summed E-state index contributed by atoms with van der Waals surface area (Å²) in [6.45, 7) is 11.4. The molecule has 1 aliphatic heterocycles. The molecule has 0 aromatic heterocycles. The van der Waals surface area contributed by atoms with Crippen LogP contribution in [-0.2, 0) is 19.1 Å². The van der Waals surface area contributed by atoms with E-state index in [-0.39, 0.29) is 36.7 Å². The monoisotopic (exact) mass is 664 g/mol. The van der Waals surface area contributed by atoms with Gasteiger partial charge in [0.15, 0.2) is 11.5 Å². The van der Waals surface area contributed by atoms with Crippen LogP contribution < -0.4 is 0 Å². The molecule has 0 bridgehead atoms. The molecule has 5 rings (SSSR count). The van der Waals surface area contributed by atoms with Gasteiger partial charge in [-0.05, 0) is 68.4 Å². The number of rotatable bonds is 7. The number of hydrogen-bond acceptors (Lipinski definition) is 12. The van der Waals surface area contributed by atoms with Crippen LogP contribution in [0.3, 0.4) is 0 Å². The number of carbonyl (C=O) groups excluding carboxylic acids is 2. The topological polar surface area (TPSA) is 214 Å². The van der Waals surface area contributed by atoms with Gasteiger partial charge in [0.25, 0.3) is 0 Å². The minimum atomic E-state index is -1.84. The Kier molecular flexibility index (Phi) is 9.12. The highest BCUT2D eigenvalue weighted by atomic mass is 16.7. The second-order valence-corrected chi connectivity index (χ2v) is 16.0. The minimum Gasteiger partial charge on any atom is -0.458 e. The summed E-state index contributed by atoms with van der Waals surface area (Å²) in [4.78, 5) is 28.2. The van der Waals surface area contributed by atoms with Crippen LogP contribution in [0.2, 0.25) is 0 Å². The van der Waals surface area contributed by atoms with Gasteiger partial charge >= 0.3 is 0 Å². The Balaban J connectivity index is 1.49. The molecular formula is C35H52O12. The van der Waals surface area contributed by atoms with Gasteiger partial charge in [-0.15, -0.1) is 0 Å². The van der Waals surface area contributed by atoms with Gasteiger partial charge in [-0.1, -0.05) is 39.0 Å². The molecule has 0 radical (unpaired) electrons. The maximum atomic E-state index is 14.5. The van der Waals surface area contributed by atoms with Crippen molar-refractivity contribution in [2.45, 2.75) is 128 Å². The number of ether oxygens (including phenoxy) is 2. The standard InChI is InChI=1S/C35H52O12/c1-16-17-8-9-22-32(4)13-20(38)29(35(7,45)23(39)10-11-31(2,3)44)33(32,5)14-24(40)34(22,6)18(17)12-19(37)28(16)47-30-27(43)26(42)25(41)21(15-36)46-30/h8,10-11,18,20-23,25-27,29-30,36,38-39,41-45H,9,12-15H2,1-7H3/b11-10+/t18-,20-,21-,22+,23+,25-,26+,27-,29+,30+,32+,33-,34+,35+/m1/s1. The van der Waals surface area contributed by atoms with E-state index in [1.54, 1.807) is 6.92 Å². The number of aliphatic hydroxyl groups is 8. The molecule has 14 atom stereocenters. The highest BCUT2D eigenvalue weighted by Crippen LogP contribution is 2.73. The fraction of sp³-hybridized carbons (Fsp3) is 0.771. The predicted molar refractivity (Wildman–Crippen MR) is 167 cm³/mol. The second-order valence-electron chi connectivity index (χ2n) is 16.0. The van der Waals surface area contributed by atoms with E-state index in [4.69, 9.17) is 9.47 Å². The molecule has 264 valence electrons. The van der Waals surface area contributed by atoms with Gasteiger partial charge in [-0.25, -0.2) is 0 Å². The lowest BCUT2D eigenvalue weighted by atomic mass is 9.39. The van der Waals surface area contributed by atoms with Crippen molar-refractivity contribution in [3.8, 4) is 0 Å². The Bertz CT molecular complexity index is 1370. The highest BCUT2D eigenvalue weighted by molar-refractivity contribution is 5.99. The van der Waals surface area contributed by atoms with Crippen LogP contribution in [0, 0.1) is 34.0 Å². The first-order valence-electron chi connectivity index (χ1n) is 16.5. The number of aliphatic hydroxyl groups excluding tert-OH is 6. The van der Waals surface area contributed by atoms with Crippen LogP contribution in [0.5, 0.6) is 0 Å². The van der Waals surface area contributed by atoms with Crippen LogP contribution in [0.15, 0.2) is 35.1 Å². The molecule has 0 spiro atoms. The zero-order valence-corrected chi connectivity index (χ0v) is 28.3. The molecule has 1 heterocycles. The quantitative estimate of drug-likeness (QED) is 0.174. The molecule has 12 heteroatoms. The van der Waals surface area contributed by atoms with Crippen LogP contribution in [0.4, 0.5) is 0 Å². The lowest BCUT2D eigenvalue weighted by Gasteiger charge is -2.63. The van der Waals surface area contributed by atoms with E-state index in [0.717, 1.165) is 5.57 Å². The van der Waals surface area contributed by atoms with Gasteiger partial charge in [0.1, 0.15) is 36.3 Å². The Labute approximate surface area is 275 Å². The number of fused-ring (bicyclic) bond motifs is 5. The minimum absolute atomic E-state index is 0.00522. The summed E-state index contributed by atoms with van der Waals surface area (Å²) in [5.74, 6) is -2.32. The molecule has 3 fully saturated rings. The van der Waals surface area contributed by atoms with Gasteiger partial charge in [0.05, 0.1) is 23.9 Å². The van der Waals surface area contributed by atoms with E-state index >= 15 is 0 Å². The summed E-state index contributed by atoms with van der Waals surface area (Å²) < 4.78 is 11.3. The maximum absolute atomic E-state index is 14.5. The van der Waals surface area contributed by atoms with E-state index in [1.165, 1.54) is 32.9 Å². The van der Waals surface area contributed by atoms with Crippen LogP contribution in [0.1, 0.15) is 74.1 Å². The lowest BCUT2D eigenvalue weighted by molar-refractivity contribution is -0.291. The molecule has 0 aromatic rings. The van der Waals surface area contributed by atoms with E-state index in [1.807, 2.05) is 26.8 Å². The van der Waals surface area contributed by atoms with Gasteiger partial charge in [0.2, 0.25) is 6.29 Å². The first kappa shape index (κ1) is 36.3. The average molecular weight is 665 g/mol. The van der Waals surface area contributed by atoms with Gasteiger partial charge in [-0.2, -0.15) is 0 Å². The molecule has 2 saturated carbocycles. The third kappa shape index (κ3) is 5.39. The third-order valence-electron chi connectivity index (χ3n) is 12.7. The van der Waals surface area contributed by atoms with Crippen molar-refractivity contribution >= 4 is 11.6 Å². The summed E-state index contributed by atoms with van der Waals surface area (Å²) in [6, 6.07) is 0. The van der Waals surface area contributed by atoms with Crippen molar-refractivity contribution in [1.82, 2.24) is 0 Å². The predicted octanol–water partition coefficient (Wildman–Crippen LogP) is 0.424. The molecule has 1 saturated heterocycles. The van der Waals surface area contributed by atoms with E-state index in [9.17, 15) is 50.4 Å². The van der Waals surface area contributed by atoms with Gasteiger partial charge in [0, 0.05) is 30.1 Å². The third-order valence-corrected chi connectivity index (χ3v) is 12.7. The van der Waals surface area contributed by atoms with E-state index in [2.05, 4.69) is 0 Å². The Morgan fingerprint density at radius 1 is 1.04 bits per heavy atom. The summed E-state index contributed by atoms with van der Waals surface area (Å²) in [5.41, 5.74) is -4.48. The number of hydrogen-bond donors (Lipinski definition) is 8. The summed E-state index contributed by atoms with van der Waals surface area (Å²) in [7, 11) is 0. The molecule has 4 aliphatic carbocycles. The van der Waals surface area contributed by atoms with Crippen molar-refractivity contribution in [3.63, 3.8) is 0 Å². The molecule has 0 aromatic carbocycles. The molecule has 12 nitrogen and oxygen atoms in total. The summed E-state index contributed by atoms with van der Waals surface area (Å²) >= 11 is 0. The SMILES string of the molecule is CC1=C(O[C@@H]2O[C@H](CO)[C@@H](O)[C@H](O)[C@H]2O)C(=O)C[C@@H]2C1=CC[C@@H]1[C@@]2(C)C(=O)C[C@]2(C)[C@@H]([C@@](C)(O)[C@@H](O)/C=C/C(C)(C)O)[C@H](O)C[C@@]12C. The van der Waals surface area contributed by atoms with Gasteiger partial charge in [-0.3, -0.25) is 9.59 Å². The Morgan fingerprint density at radius 3 is 2.28 bits per heavy atom.